The van der Waals surface area contributed by atoms with Crippen LogP contribution in [0.1, 0.15) is 75.6 Å². The number of aromatic nitrogens is 3. The number of aryl methyl sites for hydroxylation is 1. The zero-order chi connectivity index (χ0) is 21.8. The van der Waals surface area contributed by atoms with Gasteiger partial charge in [-0.2, -0.15) is 0 Å². The normalized spacial score (nSPS) is 19.1. The van der Waals surface area contributed by atoms with Crippen LogP contribution in [0.4, 0.5) is 0 Å². The Hall–Kier alpha value is -2.15. The van der Waals surface area contributed by atoms with Gasteiger partial charge in [0.1, 0.15) is 18.1 Å². The lowest BCUT2D eigenvalue weighted by atomic mass is 9.95. The molecule has 3 heterocycles. The van der Waals surface area contributed by atoms with E-state index < -0.39 is 0 Å². The molecule has 0 unspecified atom stereocenters. The fraction of sp³-hybridized carbons (Fsp3) is 0.708. The fourth-order valence-electron chi connectivity index (χ4n) is 5.13. The van der Waals surface area contributed by atoms with E-state index in [4.69, 9.17) is 4.74 Å². The van der Waals surface area contributed by atoms with Crippen LogP contribution in [0.2, 0.25) is 0 Å². The highest BCUT2D eigenvalue weighted by atomic mass is 16.5. The summed E-state index contributed by atoms with van der Waals surface area (Å²) in [4.78, 5) is 23.4. The third-order valence-corrected chi connectivity index (χ3v) is 6.99. The molecule has 0 atom stereocenters. The standard InChI is InChI=1S/C24H37N5O2/c1-4-12-25-21(30)15-28-13-10-20(11-14-28)31-24-22-17(2)18(3)29(23(22)26-16-27-24)19-8-6-5-7-9-19/h16,19-20H,4-15H2,1-3H3,(H,25,30). The predicted molar refractivity (Wildman–Crippen MR) is 123 cm³/mol. The van der Waals surface area contributed by atoms with Gasteiger partial charge < -0.3 is 14.6 Å². The molecule has 1 aliphatic heterocycles. The number of hydrogen-bond acceptors (Lipinski definition) is 5. The molecule has 1 N–H and O–H groups in total. The van der Waals surface area contributed by atoms with Gasteiger partial charge in [-0.05, 0) is 51.5 Å². The summed E-state index contributed by atoms with van der Waals surface area (Å²) < 4.78 is 8.87. The first-order valence-corrected chi connectivity index (χ1v) is 12.1. The van der Waals surface area contributed by atoms with Crippen LogP contribution in [-0.4, -0.2) is 57.6 Å². The van der Waals surface area contributed by atoms with E-state index in [1.54, 1.807) is 6.33 Å². The summed E-state index contributed by atoms with van der Waals surface area (Å²) in [5.74, 6) is 0.841. The van der Waals surface area contributed by atoms with E-state index in [0.29, 0.717) is 12.6 Å². The molecule has 31 heavy (non-hydrogen) atoms. The number of amides is 1. The molecule has 170 valence electrons. The van der Waals surface area contributed by atoms with Crippen molar-refractivity contribution in [3.63, 3.8) is 0 Å². The van der Waals surface area contributed by atoms with Crippen LogP contribution in [0.25, 0.3) is 11.0 Å². The van der Waals surface area contributed by atoms with Crippen molar-refractivity contribution in [2.24, 2.45) is 0 Å². The molecule has 2 aliphatic rings. The van der Waals surface area contributed by atoms with E-state index in [-0.39, 0.29) is 12.0 Å². The van der Waals surface area contributed by atoms with Gasteiger partial charge in [-0.25, -0.2) is 9.97 Å². The minimum Gasteiger partial charge on any atom is -0.474 e. The van der Waals surface area contributed by atoms with E-state index in [2.05, 4.69) is 45.5 Å². The summed E-state index contributed by atoms with van der Waals surface area (Å²) in [5.41, 5.74) is 3.55. The molecule has 0 aromatic carbocycles. The number of piperidine rings is 1. The second-order valence-electron chi connectivity index (χ2n) is 9.19. The monoisotopic (exact) mass is 427 g/mol. The molecule has 7 nitrogen and oxygen atoms in total. The quantitative estimate of drug-likeness (QED) is 0.725. The van der Waals surface area contributed by atoms with Crippen LogP contribution in [0.5, 0.6) is 5.88 Å². The number of nitrogens with zero attached hydrogens (tertiary/aromatic N) is 4. The summed E-state index contributed by atoms with van der Waals surface area (Å²) in [6.07, 6.45) is 11.0. The van der Waals surface area contributed by atoms with Crippen molar-refractivity contribution in [1.82, 2.24) is 24.8 Å². The Kier molecular flexibility index (Phi) is 7.10. The molecule has 1 amide bonds. The maximum atomic E-state index is 12.0. The zero-order valence-corrected chi connectivity index (χ0v) is 19.3. The molecular weight excluding hydrogens is 390 g/mol. The third-order valence-electron chi connectivity index (χ3n) is 6.99. The maximum Gasteiger partial charge on any atom is 0.234 e. The van der Waals surface area contributed by atoms with Gasteiger partial charge in [0.05, 0.1) is 11.9 Å². The van der Waals surface area contributed by atoms with Crippen molar-refractivity contribution in [3.8, 4) is 5.88 Å². The van der Waals surface area contributed by atoms with E-state index in [0.717, 1.165) is 55.8 Å². The zero-order valence-electron chi connectivity index (χ0n) is 19.3. The Balaban J connectivity index is 1.44. The predicted octanol–water partition coefficient (Wildman–Crippen LogP) is 3.92. The van der Waals surface area contributed by atoms with Gasteiger partial charge in [-0.1, -0.05) is 26.2 Å². The molecule has 1 saturated heterocycles. The van der Waals surface area contributed by atoms with Crippen molar-refractivity contribution < 1.29 is 9.53 Å². The highest BCUT2D eigenvalue weighted by Gasteiger charge is 2.27. The van der Waals surface area contributed by atoms with Gasteiger partial charge in [0.25, 0.3) is 0 Å². The molecule has 0 bridgehead atoms. The Bertz CT molecular complexity index is 895. The number of hydrogen-bond donors (Lipinski definition) is 1. The highest BCUT2D eigenvalue weighted by molar-refractivity contribution is 5.86. The SMILES string of the molecule is CCCNC(=O)CN1CCC(Oc2ncnc3c2c(C)c(C)n3C2CCCCC2)CC1. The van der Waals surface area contributed by atoms with Crippen molar-refractivity contribution in [2.45, 2.75) is 84.3 Å². The second kappa shape index (κ2) is 9.98. The summed E-state index contributed by atoms with van der Waals surface area (Å²) >= 11 is 0. The first-order chi connectivity index (χ1) is 15.1. The number of ether oxygens (including phenoxy) is 1. The third kappa shape index (κ3) is 4.86. The smallest absolute Gasteiger partial charge is 0.234 e. The van der Waals surface area contributed by atoms with Gasteiger partial charge in [-0.15, -0.1) is 0 Å². The van der Waals surface area contributed by atoms with Crippen molar-refractivity contribution in [2.75, 3.05) is 26.2 Å². The molecule has 7 heteroatoms. The summed E-state index contributed by atoms with van der Waals surface area (Å²) in [6, 6.07) is 0.537. The molecule has 1 saturated carbocycles. The largest absolute Gasteiger partial charge is 0.474 e. The van der Waals surface area contributed by atoms with E-state index in [9.17, 15) is 4.79 Å². The summed E-state index contributed by atoms with van der Waals surface area (Å²) in [6.45, 7) is 9.43. The number of nitrogens with one attached hydrogen (secondary N) is 1. The van der Waals surface area contributed by atoms with Crippen LogP contribution in [-0.2, 0) is 4.79 Å². The van der Waals surface area contributed by atoms with E-state index >= 15 is 0 Å². The average Bonchev–Trinajstić information content (AvgIpc) is 3.05. The minimum absolute atomic E-state index is 0.119. The van der Waals surface area contributed by atoms with Gasteiger partial charge in [0.15, 0.2) is 0 Å². The number of carbonyl (C=O) groups excluding carboxylic acids is 1. The average molecular weight is 428 g/mol. The van der Waals surface area contributed by atoms with Crippen LogP contribution < -0.4 is 10.1 Å². The van der Waals surface area contributed by atoms with Gasteiger partial charge >= 0.3 is 0 Å². The molecule has 0 radical (unpaired) electrons. The molecular formula is C24H37N5O2. The number of likely N-dealkylation sites (tertiary alicyclic amines) is 1. The van der Waals surface area contributed by atoms with Crippen LogP contribution >= 0.6 is 0 Å². The number of fused-ring (bicyclic) bond motifs is 1. The first-order valence-electron chi connectivity index (χ1n) is 12.1. The lowest BCUT2D eigenvalue weighted by Crippen LogP contribution is -2.43. The van der Waals surface area contributed by atoms with Crippen LogP contribution in [0, 0.1) is 13.8 Å². The lowest BCUT2D eigenvalue weighted by molar-refractivity contribution is -0.122. The summed E-state index contributed by atoms with van der Waals surface area (Å²) in [7, 11) is 0. The maximum absolute atomic E-state index is 12.0. The van der Waals surface area contributed by atoms with Crippen LogP contribution in [0.3, 0.4) is 0 Å². The molecule has 1 aliphatic carbocycles. The fourth-order valence-corrected chi connectivity index (χ4v) is 5.13. The Morgan fingerprint density at radius 1 is 1.13 bits per heavy atom. The van der Waals surface area contributed by atoms with Crippen molar-refractivity contribution in [3.05, 3.63) is 17.6 Å². The van der Waals surface area contributed by atoms with Crippen molar-refractivity contribution in [1.29, 1.82) is 0 Å². The molecule has 4 rings (SSSR count). The highest BCUT2D eigenvalue weighted by Crippen LogP contribution is 2.37. The lowest BCUT2D eigenvalue weighted by Gasteiger charge is -2.31. The molecule has 2 fully saturated rings. The Morgan fingerprint density at radius 2 is 1.87 bits per heavy atom. The van der Waals surface area contributed by atoms with E-state index in [1.165, 1.54) is 43.4 Å². The van der Waals surface area contributed by atoms with E-state index in [1.807, 2.05) is 0 Å². The molecule has 2 aromatic rings. The summed E-state index contributed by atoms with van der Waals surface area (Å²) in [5, 5.41) is 4.04. The van der Waals surface area contributed by atoms with Gasteiger partial charge in [0.2, 0.25) is 11.8 Å². The molecule has 0 spiro atoms. The van der Waals surface area contributed by atoms with Gasteiger partial charge in [-0.3, -0.25) is 9.69 Å². The molecule has 2 aromatic heterocycles. The van der Waals surface area contributed by atoms with Gasteiger partial charge in [0, 0.05) is 31.4 Å². The second-order valence-corrected chi connectivity index (χ2v) is 9.19. The topological polar surface area (TPSA) is 72.3 Å². The first kappa shape index (κ1) is 22.1. The van der Waals surface area contributed by atoms with Crippen molar-refractivity contribution >= 4 is 16.9 Å². The Labute approximate surface area is 185 Å². The van der Waals surface area contributed by atoms with Crippen LogP contribution in [0.15, 0.2) is 6.33 Å². The number of carbonyl (C=O) groups is 1. The minimum atomic E-state index is 0.119. The number of rotatable bonds is 7. The Morgan fingerprint density at radius 3 is 2.58 bits per heavy atom.